The third-order valence-electron chi connectivity index (χ3n) is 3.92. The van der Waals surface area contributed by atoms with E-state index >= 15 is 0 Å². The average Bonchev–Trinajstić information content (AvgIpc) is 3.05. The van der Waals surface area contributed by atoms with Gasteiger partial charge in [-0.05, 0) is 18.2 Å². The van der Waals surface area contributed by atoms with Gasteiger partial charge in [0.05, 0.1) is 23.4 Å². The molecule has 3 aromatic rings. The fraction of sp³-hybridized carbons (Fsp3) is 0.250. The number of carbonyl (C=O) groups is 1. The Kier molecular flexibility index (Phi) is 4.27. The normalized spacial score (nSPS) is 14.5. The van der Waals surface area contributed by atoms with Crippen LogP contribution in [-0.4, -0.2) is 47.2 Å². The minimum atomic E-state index is -0.726. The number of hydrogen-bond donors (Lipinski definition) is 3. The molecule has 0 aliphatic carbocycles. The second-order valence-electron chi connectivity index (χ2n) is 5.73. The van der Waals surface area contributed by atoms with Crippen LogP contribution in [0.2, 0.25) is 0 Å². The van der Waals surface area contributed by atoms with E-state index in [1.807, 2.05) is 17.1 Å². The van der Waals surface area contributed by atoms with Gasteiger partial charge >= 0.3 is 5.69 Å². The first-order chi connectivity index (χ1) is 12.6. The molecule has 1 fully saturated rings. The van der Waals surface area contributed by atoms with Crippen LogP contribution in [0.3, 0.4) is 0 Å². The highest BCUT2D eigenvalue weighted by molar-refractivity contribution is 7.22. The molecule has 0 bridgehead atoms. The van der Waals surface area contributed by atoms with Crippen molar-refractivity contribution in [2.24, 2.45) is 0 Å². The zero-order valence-corrected chi connectivity index (χ0v) is 14.4. The molecular formula is C16H15N5O4S. The number of morpholine rings is 1. The van der Waals surface area contributed by atoms with Crippen molar-refractivity contribution in [2.45, 2.75) is 0 Å². The first-order valence-corrected chi connectivity index (χ1v) is 8.78. The molecule has 1 aromatic carbocycles. The Balaban J connectivity index is 1.57. The van der Waals surface area contributed by atoms with Crippen LogP contribution >= 0.6 is 11.3 Å². The molecule has 10 heteroatoms. The van der Waals surface area contributed by atoms with Crippen molar-refractivity contribution in [3.8, 4) is 0 Å². The summed E-state index contributed by atoms with van der Waals surface area (Å²) < 4.78 is 6.29. The summed E-state index contributed by atoms with van der Waals surface area (Å²) in [5, 5.41) is 3.60. The summed E-state index contributed by atoms with van der Waals surface area (Å²) in [6.45, 7) is 2.98. The van der Waals surface area contributed by atoms with E-state index in [-0.39, 0.29) is 5.69 Å². The van der Waals surface area contributed by atoms with Crippen LogP contribution in [0.4, 0.5) is 10.8 Å². The second kappa shape index (κ2) is 6.73. The molecule has 0 atom stereocenters. The number of aromatic amines is 2. The van der Waals surface area contributed by atoms with Crippen LogP contribution in [0.15, 0.2) is 33.9 Å². The van der Waals surface area contributed by atoms with Crippen LogP contribution in [0.25, 0.3) is 10.2 Å². The van der Waals surface area contributed by atoms with E-state index in [1.54, 1.807) is 17.4 Å². The summed E-state index contributed by atoms with van der Waals surface area (Å²) in [5.74, 6) is -0.564. The van der Waals surface area contributed by atoms with Crippen molar-refractivity contribution in [2.75, 3.05) is 36.5 Å². The van der Waals surface area contributed by atoms with Gasteiger partial charge in [0.25, 0.3) is 11.5 Å². The van der Waals surface area contributed by atoms with Gasteiger partial charge < -0.3 is 19.9 Å². The number of fused-ring (bicyclic) bond motifs is 1. The number of H-pyrrole nitrogens is 2. The molecule has 0 saturated carbocycles. The molecule has 3 heterocycles. The molecule has 0 spiro atoms. The number of nitrogens with zero attached hydrogens (tertiary/aromatic N) is 2. The highest BCUT2D eigenvalue weighted by Gasteiger charge is 2.16. The molecule has 3 N–H and O–H groups in total. The summed E-state index contributed by atoms with van der Waals surface area (Å²) in [4.78, 5) is 46.0. The molecule has 4 rings (SSSR count). The van der Waals surface area contributed by atoms with Crippen LogP contribution in [0.1, 0.15) is 10.5 Å². The molecule has 1 saturated heterocycles. The van der Waals surface area contributed by atoms with Crippen molar-refractivity contribution in [3.63, 3.8) is 0 Å². The minimum absolute atomic E-state index is 0.0999. The number of thiazole rings is 1. The largest absolute Gasteiger partial charge is 0.378 e. The van der Waals surface area contributed by atoms with E-state index in [2.05, 4.69) is 20.2 Å². The Labute approximate surface area is 150 Å². The van der Waals surface area contributed by atoms with Crippen LogP contribution in [0, 0.1) is 0 Å². The van der Waals surface area contributed by atoms with Crippen molar-refractivity contribution in [3.05, 3.63) is 50.8 Å². The highest BCUT2D eigenvalue weighted by atomic mass is 32.1. The summed E-state index contributed by atoms with van der Waals surface area (Å²) >= 11 is 1.54. The molecular weight excluding hydrogens is 358 g/mol. The van der Waals surface area contributed by atoms with E-state index in [9.17, 15) is 14.4 Å². The molecule has 9 nitrogen and oxygen atoms in total. The number of aromatic nitrogens is 3. The second-order valence-corrected chi connectivity index (χ2v) is 6.74. The Hall–Kier alpha value is -2.98. The SMILES string of the molecule is O=C(Nc1ccc2nc(N3CCOCC3)sc2c1)c1cc(=O)[nH]c(=O)[nH]1. The first kappa shape index (κ1) is 16.5. The van der Waals surface area contributed by atoms with Gasteiger partial charge in [-0.1, -0.05) is 11.3 Å². The van der Waals surface area contributed by atoms with Crippen molar-refractivity contribution >= 4 is 38.3 Å². The summed E-state index contributed by atoms with van der Waals surface area (Å²) in [7, 11) is 0. The summed E-state index contributed by atoms with van der Waals surface area (Å²) in [6, 6.07) is 6.42. The smallest absolute Gasteiger partial charge is 0.326 e. The van der Waals surface area contributed by atoms with Crippen LogP contribution in [-0.2, 0) is 4.74 Å². The van der Waals surface area contributed by atoms with Gasteiger partial charge in [-0.15, -0.1) is 0 Å². The number of nitrogens with one attached hydrogen (secondary N) is 3. The maximum absolute atomic E-state index is 12.2. The third-order valence-corrected chi connectivity index (χ3v) is 5.00. The lowest BCUT2D eigenvalue weighted by Crippen LogP contribution is -2.36. The van der Waals surface area contributed by atoms with Gasteiger partial charge in [-0.2, -0.15) is 0 Å². The molecule has 26 heavy (non-hydrogen) atoms. The predicted molar refractivity (Wildman–Crippen MR) is 98.3 cm³/mol. The molecule has 1 amide bonds. The van der Waals surface area contributed by atoms with E-state index < -0.39 is 17.2 Å². The number of rotatable bonds is 3. The van der Waals surface area contributed by atoms with Crippen molar-refractivity contribution < 1.29 is 9.53 Å². The van der Waals surface area contributed by atoms with Crippen LogP contribution < -0.4 is 21.5 Å². The lowest BCUT2D eigenvalue weighted by molar-refractivity contribution is 0.102. The van der Waals surface area contributed by atoms with E-state index in [0.29, 0.717) is 18.9 Å². The Morgan fingerprint density at radius 1 is 1.19 bits per heavy atom. The quantitative estimate of drug-likeness (QED) is 0.623. The number of anilines is 2. The Bertz CT molecular complexity index is 1050. The highest BCUT2D eigenvalue weighted by Crippen LogP contribution is 2.31. The molecule has 1 aliphatic heterocycles. The van der Waals surface area contributed by atoms with Crippen molar-refractivity contribution in [1.29, 1.82) is 0 Å². The first-order valence-electron chi connectivity index (χ1n) is 7.97. The number of carbonyl (C=O) groups excluding carboxylic acids is 1. The lowest BCUT2D eigenvalue weighted by atomic mass is 10.3. The zero-order chi connectivity index (χ0) is 18.1. The predicted octanol–water partition coefficient (Wildman–Crippen LogP) is 0.762. The molecule has 0 radical (unpaired) electrons. The number of benzene rings is 1. The van der Waals surface area contributed by atoms with Crippen LogP contribution in [0.5, 0.6) is 0 Å². The molecule has 2 aromatic heterocycles. The number of amides is 1. The van der Waals surface area contributed by atoms with Gasteiger partial charge in [-0.25, -0.2) is 9.78 Å². The van der Waals surface area contributed by atoms with Gasteiger partial charge in [0.15, 0.2) is 5.13 Å². The van der Waals surface area contributed by atoms with E-state index in [0.717, 1.165) is 34.5 Å². The number of ether oxygens (including phenoxy) is 1. The summed E-state index contributed by atoms with van der Waals surface area (Å²) in [6.07, 6.45) is 0. The molecule has 1 aliphatic rings. The zero-order valence-electron chi connectivity index (χ0n) is 13.6. The standard InChI is InChI=1S/C16H15N5O4S/c22-13-8-11(18-15(24)20-13)14(23)17-9-1-2-10-12(7-9)26-16(19-10)21-3-5-25-6-4-21/h1-2,7-8H,3-6H2,(H,17,23)(H2,18,20,22,24). The maximum atomic E-state index is 12.2. The fourth-order valence-electron chi connectivity index (χ4n) is 2.67. The molecule has 0 unspecified atom stereocenters. The van der Waals surface area contributed by atoms with Crippen molar-refractivity contribution in [1.82, 2.24) is 15.0 Å². The van der Waals surface area contributed by atoms with Gasteiger partial charge in [-0.3, -0.25) is 14.6 Å². The molecule has 134 valence electrons. The Morgan fingerprint density at radius 3 is 2.77 bits per heavy atom. The van der Waals surface area contributed by atoms with E-state index in [4.69, 9.17) is 4.74 Å². The maximum Gasteiger partial charge on any atom is 0.326 e. The summed E-state index contributed by atoms with van der Waals surface area (Å²) in [5.41, 5.74) is -0.0558. The van der Waals surface area contributed by atoms with E-state index in [1.165, 1.54) is 0 Å². The third kappa shape index (κ3) is 3.37. The fourth-order valence-corrected chi connectivity index (χ4v) is 3.73. The number of hydrogen-bond acceptors (Lipinski definition) is 7. The monoisotopic (exact) mass is 373 g/mol. The Morgan fingerprint density at radius 2 is 2.00 bits per heavy atom. The van der Waals surface area contributed by atoms with Gasteiger partial charge in [0.1, 0.15) is 5.69 Å². The van der Waals surface area contributed by atoms with Gasteiger partial charge in [0, 0.05) is 24.8 Å². The average molecular weight is 373 g/mol. The van der Waals surface area contributed by atoms with Gasteiger partial charge in [0.2, 0.25) is 0 Å². The minimum Gasteiger partial charge on any atom is -0.378 e. The topological polar surface area (TPSA) is 120 Å². The lowest BCUT2D eigenvalue weighted by Gasteiger charge is -2.25.